The number of rotatable bonds is 6. The molecule has 0 aromatic carbocycles. The molecule has 0 aliphatic heterocycles. The summed E-state index contributed by atoms with van der Waals surface area (Å²) in [6, 6.07) is 2.56. The minimum Gasteiger partial charge on any atom is -0.476 e. The molecule has 0 saturated carbocycles. The number of aromatic nitrogens is 1. The Morgan fingerprint density at radius 3 is 2.89 bits per heavy atom. The molecule has 0 bridgehead atoms. The molecule has 0 fully saturated rings. The highest BCUT2D eigenvalue weighted by molar-refractivity contribution is 5.98. The summed E-state index contributed by atoms with van der Waals surface area (Å²) >= 11 is 0. The molecule has 3 N–H and O–H groups in total. The van der Waals surface area contributed by atoms with Crippen LogP contribution in [0.5, 0.6) is 0 Å². The minimum absolute atomic E-state index is 0.159. The first kappa shape index (κ1) is 14.9. The van der Waals surface area contributed by atoms with E-state index in [0.717, 1.165) is 0 Å². The molecule has 19 heavy (non-hydrogen) atoms. The number of carbonyl (C=O) groups excluding carboxylic acids is 1. The fourth-order valence-electron chi connectivity index (χ4n) is 1.45. The van der Waals surface area contributed by atoms with Crippen molar-refractivity contribution in [3.05, 3.63) is 24.0 Å². The predicted octanol–water partition coefficient (Wildman–Crippen LogP) is 1.18. The number of aromatic carboxylic acids is 1. The third-order valence-electron chi connectivity index (χ3n) is 2.32. The maximum Gasteiger partial charge on any atom is 0.356 e. The van der Waals surface area contributed by atoms with Crippen LogP contribution in [0.15, 0.2) is 18.3 Å². The Bertz CT molecular complexity index is 450. The standard InChI is InChI=1S/C12H17N3O4/c1-8(7-19-2)6-14-12(18)15-9-4-3-5-13-10(9)11(16)17/h3-5,8H,6-7H2,1-2H3,(H,16,17)(H2,14,15,18). The quantitative estimate of drug-likeness (QED) is 0.718. The number of hydrogen-bond donors (Lipinski definition) is 3. The molecule has 0 radical (unpaired) electrons. The van der Waals surface area contributed by atoms with Gasteiger partial charge in [0, 0.05) is 19.9 Å². The molecule has 1 rings (SSSR count). The van der Waals surface area contributed by atoms with Gasteiger partial charge in [-0.25, -0.2) is 14.6 Å². The van der Waals surface area contributed by atoms with Gasteiger partial charge in [-0.3, -0.25) is 0 Å². The predicted molar refractivity (Wildman–Crippen MR) is 69.3 cm³/mol. The highest BCUT2D eigenvalue weighted by Crippen LogP contribution is 2.11. The zero-order chi connectivity index (χ0) is 14.3. The first-order chi connectivity index (χ1) is 9.04. The maximum atomic E-state index is 11.6. The summed E-state index contributed by atoms with van der Waals surface area (Å²) in [4.78, 5) is 26.2. The van der Waals surface area contributed by atoms with Crippen LogP contribution in [0.3, 0.4) is 0 Å². The van der Waals surface area contributed by atoms with E-state index in [1.54, 1.807) is 13.2 Å². The Morgan fingerprint density at radius 1 is 1.53 bits per heavy atom. The van der Waals surface area contributed by atoms with Crippen LogP contribution in [-0.4, -0.2) is 42.4 Å². The van der Waals surface area contributed by atoms with Crippen LogP contribution in [-0.2, 0) is 4.74 Å². The summed E-state index contributed by atoms with van der Waals surface area (Å²) in [7, 11) is 1.59. The fraction of sp³-hybridized carbons (Fsp3) is 0.417. The highest BCUT2D eigenvalue weighted by atomic mass is 16.5. The van der Waals surface area contributed by atoms with Gasteiger partial charge in [-0.2, -0.15) is 0 Å². The number of amides is 2. The summed E-state index contributed by atoms with van der Waals surface area (Å²) < 4.78 is 4.95. The number of carboxylic acids is 1. The van der Waals surface area contributed by atoms with E-state index in [1.807, 2.05) is 6.92 Å². The molecule has 104 valence electrons. The largest absolute Gasteiger partial charge is 0.476 e. The minimum atomic E-state index is -1.19. The first-order valence-corrected chi connectivity index (χ1v) is 5.76. The zero-order valence-electron chi connectivity index (χ0n) is 10.8. The lowest BCUT2D eigenvalue weighted by Crippen LogP contribution is -2.34. The van der Waals surface area contributed by atoms with E-state index >= 15 is 0 Å². The molecule has 2 amide bonds. The molecule has 0 aliphatic carbocycles. The number of anilines is 1. The summed E-state index contributed by atoms with van der Waals surface area (Å²) in [5.74, 6) is -1.02. The number of pyridine rings is 1. The molecule has 1 aromatic heterocycles. The summed E-state index contributed by atoms with van der Waals surface area (Å²) in [5, 5.41) is 14.0. The second-order valence-corrected chi connectivity index (χ2v) is 4.10. The number of nitrogens with one attached hydrogen (secondary N) is 2. The first-order valence-electron chi connectivity index (χ1n) is 5.76. The molecule has 1 heterocycles. The van der Waals surface area contributed by atoms with Gasteiger partial charge in [-0.15, -0.1) is 0 Å². The summed E-state index contributed by atoms with van der Waals surface area (Å²) in [6.45, 7) is 2.90. The van der Waals surface area contributed by atoms with Crippen molar-refractivity contribution in [2.24, 2.45) is 5.92 Å². The van der Waals surface area contributed by atoms with E-state index in [0.29, 0.717) is 13.2 Å². The Balaban J connectivity index is 2.55. The number of hydrogen-bond acceptors (Lipinski definition) is 4. The molecule has 7 nitrogen and oxygen atoms in total. The third-order valence-corrected chi connectivity index (χ3v) is 2.32. The van der Waals surface area contributed by atoms with Gasteiger partial charge in [0.25, 0.3) is 0 Å². The van der Waals surface area contributed by atoms with Crippen molar-refractivity contribution in [3.8, 4) is 0 Å². The van der Waals surface area contributed by atoms with Crippen LogP contribution in [0.2, 0.25) is 0 Å². The normalized spacial score (nSPS) is 11.7. The molecule has 0 spiro atoms. The second-order valence-electron chi connectivity index (χ2n) is 4.10. The van der Waals surface area contributed by atoms with Crippen molar-refractivity contribution in [1.29, 1.82) is 0 Å². The number of methoxy groups -OCH3 is 1. The zero-order valence-corrected chi connectivity index (χ0v) is 10.8. The van der Waals surface area contributed by atoms with E-state index in [9.17, 15) is 9.59 Å². The maximum absolute atomic E-state index is 11.6. The van der Waals surface area contributed by atoms with Crippen molar-refractivity contribution in [3.63, 3.8) is 0 Å². The van der Waals surface area contributed by atoms with Gasteiger partial charge >= 0.3 is 12.0 Å². The average Bonchev–Trinajstić information content (AvgIpc) is 2.37. The number of nitrogens with zero attached hydrogens (tertiary/aromatic N) is 1. The van der Waals surface area contributed by atoms with Crippen LogP contribution in [0.4, 0.5) is 10.5 Å². The Labute approximate surface area is 111 Å². The van der Waals surface area contributed by atoms with Crippen LogP contribution >= 0.6 is 0 Å². The fourth-order valence-corrected chi connectivity index (χ4v) is 1.45. The Hall–Kier alpha value is -2.15. The van der Waals surface area contributed by atoms with Gasteiger partial charge < -0.3 is 20.5 Å². The van der Waals surface area contributed by atoms with Crippen LogP contribution < -0.4 is 10.6 Å². The van der Waals surface area contributed by atoms with E-state index in [4.69, 9.17) is 9.84 Å². The molecule has 7 heteroatoms. The molecule has 1 unspecified atom stereocenters. The highest BCUT2D eigenvalue weighted by Gasteiger charge is 2.13. The molecule has 1 aromatic rings. The molecular formula is C12H17N3O4. The lowest BCUT2D eigenvalue weighted by molar-refractivity contribution is 0.0691. The van der Waals surface area contributed by atoms with Crippen molar-refractivity contribution in [1.82, 2.24) is 10.3 Å². The van der Waals surface area contributed by atoms with Crippen molar-refractivity contribution in [2.45, 2.75) is 6.92 Å². The van der Waals surface area contributed by atoms with Gasteiger partial charge in [0.2, 0.25) is 0 Å². The SMILES string of the molecule is COCC(C)CNC(=O)Nc1cccnc1C(=O)O. The Morgan fingerprint density at radius 2 is 2.26 bits per heavy atom. The second kappa shape index (κ2) is 7.32. The van der Waals surface area contributed by atoms with Gasteiger partial charge in [-0.05, 0) is 18.1 Å². The smallest absolute Gasteiger partial charge is 0.356 e. The summed E-state index contributed by atoms with van der Waals surface area (Å²) in [5.41, 5.74) is -0.0329. The van der Waals surface area contributed by atoms with Crippen molar-refractivity contribution >= 4 is 17.7 Å². The van der Waals surface area contributed by atoms with E-state index in [-0.39, 0.29) is 17.3 Å². The van der Waals surface area contributed by atoms with Gasteiger partial charge in [0.05, 0.1) is 12.3 Å². The van der Waals surface area contributed by atoms with Crippen molar-refractivity contribution < 1.29 is 19.4 Å². The molecule has 0 aliphatic rings. The lowest BCUT2D eigenvalue weighted by Gasteiger charge is -2.12. The van der Waals surface area contributed by atoms with Gasteiger partial charge in [-0.1, -0.05) is 6.92 Å². The number of ether oxygens (including phenoxy) is 1. The Kier molecular flexibility index (Phi) is 5.74. The lowest BCUT2D eigenvalue weighted by atomic mass is 10.2. The summed E-state index contributed by atoms with van der Waals surface area (Å²) in [6.07, 6.45) is 1.35. The molecular weight excluding hydrogens is 250 g/mol. The molecule has 0 saturated heterocycles. The van der Waals surface area contributed by atoms with Crippen molar-refractivity contribution in [2.75, 3.05) is 25.6 Å². The van der Waals surface area contributed by atoms with Crippen LogP contribution in [0.1, 0.15) is 17.4 Å². The topological polar surface area (TPSA) is 101 Å². The average molecular weight is 267 g/mol. The van der Waals surface area contributed by atoms with Crippen LogP contribution in [0, 0.1) is 5.92 Å². The number of carboxylic acid groups (broad SMARTS) is 1. The molecule has 1 atom stereocenters. The number of carbonyl (C=O) groups is 2. The van der Waals surface area contributed by atoms with E-state index < -0.39 is 12.0 Å². The van der Waals surface area contributed by atoms with Crippen LogP contribution in [0.25, 0.3) is 0 Å². The van der Waals surface area contributed by atoms with E-state index in [1.165, 1.54) is 12.3 Å². The van der Waals surface area contributed by atoms with Gasteiger partial charge in [0.1, 0.15) is 0 Å². The third kappa shape index (κ3) is 4.92. The number of urea groups is 1. The van der Waals surface area contributed by atoms with Gasteiger partial charge in [0.15, 0.2) is 5.69 Å². The van der Waals surface area contributed by atoms with E-state index in [2.05, 4.69) is 15.6 Å². The monoisotopic (exact) mass is 267 g/mol.